The van der Waals surface area contributed by atoms with Crippen LogP contribution in [0.2, 0.25) is 0 Å². The first-order valence-corrected chi connectivity index (χ1v) is 6.12. The Morgan fingerprint density at radius 1 is 1.29 bits per heavy atom. The van der Waals surface area contributed by atoms with Gasteiger partial charge in [-0.1, -0.05) is 34.1 Å². The monoisotopic (exact) mass is 197 g/mol. The molecule has 1 nitrogen and oxygen atoms in total. The fourth-order valence-electron chi connectivity index (χ4n) is 2.67. The zero-order valence-corrected chi connectivity index (χ0v) is 10.8. The molecule has 0 aromatic rings. The molecule has 2 atom stereocenters. The first-order chi connectivity index (χ1) is 6.36. The van der Waals surface area contributed by atoms with Gasteiger partial charge in [0.15, 0.2) is 0 Å². The largest absolute Gasteiger partial charge is 0.297 e. The molecule has 1 heterocycles. The lowest BCUT2D eigenvalue weighted by Crippen LogP contribution is -2.43. The molecule has 0 bridgehead atoms. The van der Waals surface area contributed by atoms with Crippen molar-refractivity contribution in [1.82, 2.24) is 4.90 Å². The number of hydrogen-bond acceptors (Lipinski definition) is 1. The zero-order valence-electron chi connectivity index (χ0n) is 10.8. The summed E-state index contributed by atoms with van der Waals surface area (Å²) in [6, 6.07) is 1.49. The molecule has 1 fully saturated rings. The van der Waals surface area contributed by atoms with Crippen LogP contribution in [0, 0.1) is 11.3 Å². The van der Waals surface area contributed by atoms with Crippen molar-refractivity contribution in [1.29, 1.82) is 0 Å². The molecule has 1 rings (SSSR count). The van der Waals surface area contributed by atoms with Crippen LogP contribution in [0.1, 0.15) is 54.4 Å². The van der Waals surface area contributed by atoms with E-state index in [2.05, 4.69) is 46.4 Å². The Labute approximate surface area is 89.9 Å². The van der Waals surface area contributed by atoms with Crippen LogP contribution >= 0.6 is 0 Å². The summed E-state index contributed by atoms with van der Waals surface area (Å²) in [5.74, 6) is 0.932. The maximum absolute atomic E-state index is 2.70. The van der Waals surface area contributed by atoms with Gasteiger partial charge in [-0.25, -0.2) is 0 Å². The van der Waals surface area contributed by atoms with Crippen molar-refractivity contribution in [3.05, 3.63) is 0 Å². The van der Waals surface area contributed by atoms with Gasteiger partial charge in [0, 0.05) is 18.6 Å². The predicted octanol–water partition coefficient (Wildman–Crippen LogP) is 3.54. The Morgan fingerprint density at radius 2 is 1.86 bits per heavy atom. The van der Waals surface area contributed by atoms with Gasteiger partial charge in [0.2, 0.25) is 0 Å². The second kappa shape index (κ2) is 4.22. The number of nitrogens with zero attached hydrogens (tertiary/aromatic N) is 1. The lowest BCUT2D eigenvalue weighted by atomic mass is 9.83. The van der Waals surface area contributed by atoms with Gasteiger partial charge >= 0.3 is 0 Å². The van der Waals surface area contributed by atoms with E-state index >= 15 is 0 Å². The zero-order chi connectivity index (χ0) is 10.9. The third kappa shape index (κ3) is 2.50. The SMILES string of the molecule is CCC1CC(C(C)(C)C)N(C(C)C)C1. The molecule has 14 heavy (non-hydrogen) atoms. The molecule has 84 valence electrons. The highest BCUT2D eigenvalue weighted by molar-refractivity contribution is 4.93. The van der Waals surface area contributed by atoms with Crippen LogP contribution in [0.5, 0.6) is 0 Å². The minimum absolute atomic E-state index is 0.439. The molecular formula is C13H27N. The Balaban J connectivity index is 2.72. The summed E-state index contributed by atoms with van der Waals surface area (Å²) in [4.78, 5) is 2.70. The first kappa shape index (κ1) is 12.0. The molecular weight excluding hydrogens is 170 g/mol. The van der Waals surface area contributed by atoms with Crippen molar-refractivity contribution in [2.45, 2.75) is 66.5 Å². The van der Waals surface area contributed by atoms with Crippen molar-refractivity contribution in [3.63, 3.8) is 0 Å². The van der Waals surface area contributed by atoms with Gasteiger partial charge in [0.1, 0.15) is 0 Å². The fraction of sp³-hybridized carbons (Fsp3) is 1.00. The number of rotatable bonds is 2. The maximum atomic E-state index is 2.70. The maximum Gasteiger partial charge on any atom is 0.0150 e. The van der Waals surface area contributed by atoms with E-state index in [1.807, 2.05) is 0 Å². The minimum Gasteiger partial charge on any atom is -0.297 e. The molecule has 1 aliphatic heterocycles. The van der Waals surface area contributed by atoms with Crippen LogP contribution in [0.15, 0.2) is 0 Å². The average molecular weight is 197 g/mol. The van der Waals surface area contributed by atoms with Crippen LogP contribution in [0.3, 0.4) is 0 Å². The summed E-state index contributed by atoms with van der Waals surface area (Å²) < 4.78 is 0. The summed E-state index contributed by atoms with van der Waals surface area (Å²) in [5, 5.41) is 0. The standard InChI is InChI=1S/C13H27N/c1-7-11-8-12(13(4,5)6)14(9-11)10(2)3/h10-12H,7-9H2,1-6H3. The van der Waals surface area contributed by atoms with Gasteiger partial charge in [-0.05, 0) is 31.6 Å². The molecule has 0 aromatic heterocycles. The average Bonchev–Trinajstić information content (AvgIpc) is 2.46. The van der Waals surface area contributed by atoms with E-state index < -0.39 is 0 Å². The molecule has 0 radical (unpaired) electrons. The Morgan fingerprint density at radius 3 is 2.14 bits per heavy atom. The highest BCUT2D eigenvalue weighted by Crippen LogP contribution is 2.37. The smallest absolute Gasteiger partial charge is 0.0150 e. The predicted molar refractivity (Wildman–Crippen MR) is 63.5 cm³/mol. The van der Waals surface area contributed by atoms with E-state index in [0.717, 1.165) is 12.0 Å². The van der Waals surface area contributed by atoms with Crippen molar-refractivity contribution in [2.24, 2.45) is 11.3 Å². The third-order valence-electron chi connectivity index (χ3n) is 3.67. The van der Waals surface area contributed by atoms with Crippen LogP contribution in [-0.2, 0) is 0 Å². The van der Waals surface area contributed by atoms with Gasteiger partial charge in [0.05, 0.1) is 0 Å². The quantitative estimate of drug-likeness (QED) is 0.654. The van der Waals surface area contributed by atoms with Gasteiger partial charge in [-0.15, -0.1) is 0 Å². The molecule has 0 aliphatic carbocycles. The summed E-state index contributed by atoms with van der Waals surface area (Å²) in [5.41, 5.74) is 0.439. The van der Waals surface area contributed by atoms with E-state index in [4.69, 9.17) is 0 Å². The highest BCUT2D eigenvalue weighted by atomic mass is 15.2. The molecule has 0 aromatic carbocycles. The minimum atomic E-state index is 0.439. The molecule has 0 spiro atoms. The van der Waals surface area contributed by atoms with E-state index in [1.165, 1.54) is 19.4 Å². The number of likely N-dealkylation sites (tertiary alicyclic amines) is 1. The molecule has 2 unspecified atom stereocenters. The van der Waals surface area contributed by atoms with Gasteiger partial charge in [0.25, 0.3) is 0 Å². The lowest BCUT2D eigenvalue weighted by molar-refractivity contribution is 0.111. The summed E-state index contributed by atoms with van der Waals surface area (Å²) in [7, 11) is 0. The van der Waals surface area contributed by atoms with E-state index in [0.29, 0.717) is 11.5 Å². The van der Waals surface area contributed by atoms with E-state index in [9.17, 15) is 0 Å². The Bertz CT molecular complexity index is 178. The van der Waals surface area contributed by atoms with Gasteiger partial charge in [-0.3, -0.25) is 4.90 Å². The van der Waals surface area contributed by atoms with E-state index in [1.54, 1.807) is 0 Å². The van der Waals surface area contributed by atoms with Crippen LogP contribution in [0.4, 0.5) is 0 Å². The van der Waals surface area contributed by atoms with Gasteiger partial charge in [-0.2, -0.15) is 0 Å². The molecule has 1 heteroatoms. The van der Waals surface area contributed by atoms with E-state index in [-0.39, 0.29) is 0 Å². The van der Waals surface area contributed by atoms with Crippen molar-refractivity contribution in [2.75, 3.05) is 6.54 Å². The first-order valence-electron chi connectivity index (χ1n) is 6.12. The summed E-state index contributed by atoms with van der Waals surface area (Å²) in [6.45, 7) is 15.4. The molecule has 0 amide bonds. The summed E-state index contributed by atoms with van der Waals surface area (Å²) in [6.07, 6.45) is 2.74. The van der Waals surface area contributed by atoms with Crippen LogP contribution in [-0.4, -0.2) is 23.5 Å². The van der Waals surface area contributed by atoms with Crippen molar-refractivity contribution in [3.8, 4) is 0 Å². The normalized spacial score (nSPS) is 30.2. The van der Waals surface area contributed by atoms with Crippen LogP contribution in [0.25, 0.3) is 0 Å². The number of hydrogen-bond donors (Lipinski definition) is 0. The second-order valence-corrected chi connectivity index (χ2v) is 6.18. The Hall–Kier alpha value is -0.0400. The lowest BCUT2D eigenvalue weighted by Gasteiger charge is -2.37. The highest BCUT2D eigenvalue weighted by Gasteiger charge is 2.39. The fourth-order valence-corrected chi connectivity index (χ4v) is 2.67. The van der Waals surface area contributed by atoms with Crippen LogP contribution < -0.4 is 0 Å². The second-order valence-electron chi connectivity index (χ2n) is 6.18. The van der Waals surface area contributed by atoms with Crippen molar-refractivity contribution >= 4 is 0 Å². The molecule has 0 N–H and O–H groups in total. The van der Waals surface area contributed by atoms with Crippen molar-refractivity contribution < 1.29 is 0 Å². The summed E-state index contributed by atoms with van der Waals surface area (Å²) >= 11 is 0. The van der Waals surface area contributed by atoms with Gasteiger partial charge < -0.3 is 0 Å². The molecule has 1 saturated heterocycles. The topological polar surface area (TPSA) is 3.24 Å². The molecule has 0 saturated carbocycles. The Kier molecular flexibility index (Phi) is 3.63. The molecule has 1 aliphatic rings. The third-order valence-corrected chi connectivity index (χ3v) is 3.67.